The van der Waals surface area contributed by atoms with E-state index in [0.717, 1.165) is 16.9 Å². The molecule has 0 aliphatic carbocycles. The zero-order chi connectivity index (χ0) is 17.4. The van der Waals surface area contributed by atoms with Crippen LogP contribution in [0.4, 0.5) is 0 Å². The summed E-state index contributed by atoms with van der Waals surface area (Å²) in [7, 11) is 0. The van der Waals surface area contributed by atoms with Crippen LogP contribution in [0.2, 0.25) is 0 Å². The van der Waals surface area contributed by atoms with Crippen LogP contribution in [0.5, 0.6) is 0 Å². The van der Waals surface area contributed by atoms with Crippen molar-refractivity contribution in [2.45, 2.75) is 32.4 Å². The number of aromatic amines is 1. The van der Waals surface area contributed by atoms with Gasteiger partial charge in [0, 0.05) is 45.0 Å². The zero-order valence-electron chi connectivity index (χ0n) is 14.2. The molecule has 7 nitrogen and oxygen atoms in total. The summed E-state index contributed by atoms with van der Waals surface area (Å²) in [5, 5.41) is 0. The van der Waals surface area contributed by atoms with Gasteiger partial charge in [-0.15, -0.1) is 0 Å². The second-order valence-electron chi connectivity index (χ2n) is 6.39. The van der Waals surface area contributed by atoms with Crippen LogP contribution >= 0.6 is 0 Å². The van der Waals surface area contributed by atoms with Gasteiger partial charge in [0.1, 0.15) is 5.82 Å². The van der Waals surface area contributed by atoms with Gasteiger partial charge in [0.25, 0.3) is 0 Å². The highest BCUT2D eigenvalue weighted by Crippen LogP contribution is 2.24. The van der Waals surface area contributed by atoms with E-state index in [1.165, 1.54) is 0 Å². The van der Waals surface area contributed by atoms with E-state index >= 15 is 0 Å². The number of nitrogens with zero attached hydrogens (tertiary/aromatic N) is 4. The first-order valence-electron chi connectivity index (χ1n) is 8.64. The molecule has 3 aromatic rings. The molecule has 130 valence electrons. The fourth-order valence-corrected chi connectivity index (χ4v) is 3.52. The molecule has 0 saturated carbocycles. The third-order valence-electron chi connectivity index (χ3n) is 4.93. The lowest BCUT2D eigenvalue weighted by atomic mass is 9.99. The molecule has 3 heterocycles. The topological polar surface area (TPSA) is 75.9 Å². The molecule has 1 N–H and O–H groups in total. The van der Waals surface area contributed by atoms with Crippen molar-refractivity contribution in [3.8, 4) is 0 Å². The molecular formula is C18H21N5O2. The van der Waals surface area contributed by atoms with E-state index in [2.05, 4.69) is 9.97 Å². The second-order valence-corrected chi connectivity index (χ2v) is 6.39. The molecule has 1 aromatic carbocycles. The average molecular weight is 339 g/mol. The number of rotatable bonds is 5. The first-order chi connectivity index (χ1) is 12.2. The lowest BCUT2D eigenvalue weighted by Gasteiger charge is -2.38. The van der Waals surface area contributed by atoms with E-state index in [4.69, 9.17) is 0 Å². The second kappa shape index (κ2) is 6.23. The van der Waals surface area contributed by atoms with Gasteiger partial charge in [0.15, 0.2) is 0 Å². The number of hydrogen-bond acceptors (Lipinski definition) is 3. The molecule has 25 heavy (non-hydrogen) atoms. The number of amides is 1. The lowest BCUT2D eigenvalue weighted by molar-refractivity contribution is -0.135. The Bertz CT molecular complexity index is 948. The highest BCUT2D eigenvalue weighted by atomic mass is 16.2. The van der Waals surface area contributed by atoms with Gasteiger partial charge in [-0.2, -0.15) is 0 Å². The molecule has 1 aliphatic heterocycles. The van der Waals surface area contributed by atoms with E-state index in [1.54, 1.807) is 21.5 Å². The number of hydrogen-bond donors (Lipinski definition) is 1. The highest BCUT2D eigenvalue weighted by Gasteiger charge is 2.32. The first kappa shape index (κ1) is 15.7. The minimum atomic E-state index is -0.0476. The number of para-hydroxylation sites is 2. The molecule has 0 spiro atoms. The highest BCUT2D eigenvalue weighted by molar-refractivity contribution is 5.78. The molecule has 7 heteroatoms. The Kier molecular flexibility index (Phi) is 3.91. The van der Waals surface area contributed by atoms with Gasteiger partial charge < -0.3 is 9.88 Å². The van der Waals surface area contributed by atoms with Crippen molar-refractivity contribution in [3.63, 3.8) is 0 Å². The Hall–Kier alpha value is -2.83. The maximum absolute atomic E-state index is 12.6. The summed E-state index contributed by atoms with van der Waals surface area (Å²) in [6, 6.07) is 7.73. The number of benzene rings is 1. The number of aromatic nitrogens is 4. The van der Waals surface area contributed by atoms with Crippen LogP contribution in [0.1, 0.15) is 25.1 Å². The molecule has 0 bridgehead atoms. The molecule has 4 rings (SSSR count). The Balaban J connectivity index is 1.44. The van der Waals surface area contributed by atoms with E-state index in [0.29, 0.717) is 38.5 Å². The fourth-order valence-electron chi connectivity index (χ4n) is 3.52. The Morgan fingerprint density at radius 2 is 1.96 bits per heavy atom. The SMILES string of the molecule is CCn1c(=O)n(CCC(=O)N2CC(c3ncc[nH]3)C2)c2ccccc21. The monoisotopic (exact) mass is 339 g/mol. The molecule has 2 aromatic heterocycles. The molecule has 1 fully saturated rings. The quantitative estimate of drug-likeness (QED) is 0.766. The summed E-state index contributed by atoms with van der Waals surface area (Å²) in [4.78, 5) is 34.2. The Morgan fingerprint density at radius 1 is 1.24 bits per heavy atom. The summed E-state index contributed by atoms with van der Waals surface area (Å²) in [6.07, 6.45) is 3.87. The van der Waals surface area contributed by atoms with Gasteiger partial charge in [-0.05, 0) is 19.1 Å². The molecule has 1 aliphatic rings. The number of carbonyl (C=O) groups excluding carboxylic acids is 1. The zero-order valence-corrected chi connectivity index (χ0v) is 14.2. The summed E-state index contributed by atoms with van der Waals surface area (Å²) in [5.74, 6) is 1.32. The number of carbonyl (C=O) groups is 1. The third kappa shape index (κ3) is 2.65. The van der Waals surface area contributed by atoms with Crippen molar-refractivity contribution in [3.05, 3.63) is 53.0 Å². The summed E-state index contributed by atoms with van der Waals surface area (Å²) >= 11 is 0. The summed E-state index contributed by atoms with van der Waals surface area (Å²) in [6.45, 7) is 4.37. The van der Waals surface area contributed by atoms with Crippen molar-refractivity contribution >= 4 is 16.9 Å². The minimum absolute atomic E-state index is 0.0476. The first-order valence-corrected chi connectivity index (χ1v) is 8.64. The van der Waals surface area contributed by atoms with Crippen LogP contribution in [0.15, 0.2) is 41.5 Å². The van der Waals surface area contributed by atoms with Gasteiger partial charge in [-0.25, -0.2) is 9.78 Å². The number of fused-ring (bicyclic) bond motifs is 1. The van der Waals surface area contributed by atoms with E-state index in [9.17, 15) is 9.59 Å². The van der Waals surface area contributed by atoms with Crippen LogP contribution in [-0.4, -0.2) is 43.0 Å². The van der Waals surface area contributed by atoms with Crippen molar-refractivity contribution in [1.82, 2.24) is 24.0 Å². The van der Waals surface area contributed by atoms with Crippen LogP contribution in [0.25, 0.3) is 11.0 Å². The van der Waals surface area contributed by atoms with Crippen LogP contribution in [0, 0.1) is 0 Å². The predicted octanol–water partition coefficient (Wildman–Crippen LogP) is 1.56. The van der Waals surface area contributed by atoms with Gasteiger partial charge in [0.2, 0.25) is 5.91 Å². The van der Waals surface area contributed by atoms with E-state index < -0.39 is 0 Å². The number of aryl methyl sites for hydroxylation is 2. The fraction of sp³-hybridized carbons (Fsp3) is 0.389. The van der Waals surface area contributed by atoms with E-state index in [-0.39, 0.29) is 11.6 Å². The van der Waals surface area contributed by atoms with Crippen molar-refractivity contribution in [2.24, 2.45) is 0 Å². The Labute approximate surface area is 144 Å². The minimum Gasteiger partial charge on any atom is -0.348 e. The number of H-pyrrole nitrogens is 1. The maximum atomic E-state index is 12.6. The molecule has 0 unspecified atom stereocenters. The Morgan fingerprint density at radius 3 is 2.60 bits per heavy atom. The summed E-state index contributed by atoms with van der Waals surface area (Å²) in [5.41, 5.74) is 1.76. The molecular weight excluding hydrogens is 318 g/mol. The van der Waals surface area contributed by atoms with Crippen LogP contribution < -0.4 is 5.69 Å². The number of likely N-dealkylation sites (tertiary alicyclic amines) is 1. The van der Waals surface area contributed by atoms with Crippen molar-refractivity contribution in [1.29, 1.82) is 0 Å². The predicted molar refractivity (Wildman–Crippen MR) is 94.4 cm³/mol. The maximum Gasteiger partial charge on any atom is 0.329 e. The van der Waals surface area contributed by atoms with Crippen LogP contribution in [0.3, 0.4) is 0 Å². The molecule has 0 atom stereocenters. The smallest absolute Gasteiger partial charge is 0.329 e. The molecule has 1 amide bonds. The van der Waals surface area contributed by atoms with Gasteiger partial charge >= 0.3 is 5.69 Å². The van der Waals surface area contributed by atoms with E-state index in [1.807, 2.05) is 36.1 Å². The van der Waals surface area contributed by atoms with Gasteiger partial charge in [-0.1, -0.05) is 12.1 Å². The normalized spacial score (nSPS) is 14.8. The van der Waals surface area contributed by atoms with Crippen LogP contribution in [-0.2, 0) is 17.9 Å². The van der Waals surface area contributed by atoms with Crippen molar-refractivity contribution in [2.75, 3.05) is 13.1 Å². The summed E-state index contributed by atoms with van der Waals surface area (Å²) < 4.78 is 3.46. The average Bonchev–Trinajstić information content (AvgIpc) is 3.18. The van der Waals surface area contributed by atoms with Gasteiger partial charge in [0.05, 0.1) is 17.0 Å². The largest absolute Gasteiger partial charge is 0.348 e. The standard InChI is InChI=1S/C18H21N5O2/c1-2-22-14-5-3-4-6-15(14)23(18(22)25)10-7-16(24)21-11-13(12-21)17-19-8-9-20-17/h3-6,8-9,13H,2,7,10-12H2,1H3,(H,19,20). The third-order valence-corrected chi connectivity index (χ3v) is 4.93. The number of imidazole rings is 2. The van der Waals surface area contributed by atoms with Crippen molar-refractivity contribution < 1.29 is 4.79 Å². The molecule has 0 radical (unpaired) electrons. The molecule has 1 saturated heterocycles. The number of nitrogens with one attached hydrogen (secondary N) is 1. The van der Waals surface area contributed by atoms with Gasteiger partial charge in [-0.3, -0.25) is 13.9 Å². The lowest BCUT2D eigenvalue weighted by Crippen LogP contribution is -2.49.